The summed E-state index contributed by atoms with van der Waals surface area (Å²) in [7, 11) is 0. The van der Waals surface area contributed by atoms with Crippen LogP contribution >= 0.6 is 34.9 Å². The van der Waals surface area contributed by atoms with E-state index in [1.807, 2.05) is 6.07 Å². The molecule has 1 aliphatic carbocycles. The number of hydrogen-bond acceptors (Lipinski definition) is 6. The number of thioether (sulfide) groups is 2. The molecule has 0 fully saturated rings. The Labute approximate surface area is 165 Å². The number of rotatable bonds is 4. The molecule has 1 aliphatic heterocycles. The van der Waals surface area contributed by atoms with E-state index in [4.69, 9.17) is 0 Å². The lowest BCUT2D eigenvalue weighted by Crippen LogP contribution is -2.12. The molecule has 4 nitrogen and oxygen atoms in total. The van der Waals surface area contributed by atoms with Crippen molar-refractivity contribution < 1.29 is 4.79 Å². The molecule has 132 valence electrons. The van der Waals surface area contributed by atoms with Crippen molar-refractivity contribution in [3.8, 4) is 16.5 Å². The average molecular weight is 400 g/mol. The highest BCUT2D eigenvalue weighted by Crippen LogP contribution is 2.44. The zero-order chi connectivity index (χ0) is 17.9. The molecular weight excluding hydrogens is 382 g/mol. The molecule has 2 heterocycles. The van der Waals surface area contributed by atoms with Crippen molar-refractivity contribution >= 4 is 50.1 Å². The highest BCUT2D eigenvalue weighted by atomic mass is 32.2. The molecule has 1 aromatic heterocycles. The van der Waals surface area contributed by atoms with Gasteiger partial charge in [0.25, 0.3) is 0 Å². The average Bonchev–Trinajstić information content (AvgIpc) is 3.29. The number of thiophene rings is 1. The van der Waals surface area contributed by atoms with Crippen LogP contribution in [0.1, 0.15) is 23.1 Å². The number of aliphatic imine (C=N–C) groups is 1. The van der Waals surface area contributed by atoms with E-state index >= 15 is 0 Å². The summed E-state index contributed by atoms with van der Waals surface area (Å²) >= 11 is 4.92. The maximum Gasteiger partial charge on any atom is 0.225 e. The lowest BCUT2D eigenvalue weighted by molar-refractivity contribution is -0.115. The van der Waals surface area contributed by atoms with Gasteiger partial charge in [-0.1, -0.05) is 47.8 Å². The van der Waals surface area contributed by atoms with Gasteiger partial charge in [0.05, 0.1) is 12.1 Å². The second kappa shape index (κ2) is 7.87. The molecule has 1 N–H and O–H groups in total. The van der Waals surface area contributed by atoms with Crippen LogP contribution in [0.25, 0.3) is 10.4 Å². The van der Waals surface area contributed by atoms with Crippen LogP contribution in [0, 0.1) is 11.3 Å². The first-order valence-corrected chi connectivity index (χ1v) is 11.3. The number of benzene rings is 1. The third-order valence-corrected chi connectivity index (χ3v) is 7.83. The van der Waals surface area contributed by atoms with Gasteiger partial charge in [0, 0.05) is 22.8 Å². The molecule has 0 unspecified atom stereocenters. The highest BCUT2D eigenvalue weighted by Gasteiger charge is 2.25. The summed E-state index contributed by atoms with van der Waals surface area (Å²) in [5, 5.41) is 13.3. The summed E-state index contributed by atoms with van der Waals surface area (Å²) < 4.78 is 1.08. The molecule has 0 spiro atoms. The number of carbonyl (C=O) groups is 1. The maximum absolute atomic E-state index is 12.3. The number of fused-ring (bicyclic) bond motifs is 3. The Bertz CT molecular complexity index is 927. The van der Waals surface area contributed by atoms with Gasteiger partial charge in [0.15, 0.2) is 0 Å². The monoisotopic (exact) mass is 399 g/mol. The largest absolute Gasteiger partial charge is 0.317 e. The van der Waals surface area contributed by atoms with Crippen LogP contribution in [-0.4, -0.2) is 28.3 Å². The number of amides is 1. The van der Waals surface area contributed by atoms with Crippen molar-refractivity contribution in [2.24, 2.45) is 4.99 Å². The fourth-order valence-electron chi connectivity index (χ4n) is 3.17. The molecule has 26 heavy (non-hydrogen) atoms. The summed E-state index contributed by atoms with van der Waals surface area (Å²) in [6.45, 7) is 0.882. The number of aryl methyl sites for hydroxylation is 1. The smallest absolute Gasteiger partial charge is 0.225 e. The molecule has 1 aromatic carbocycles. The van der Waals surface area contributed by atoms with Crippen LogP contribution in [0.5, 0.6) is 0 Å². The first-order valence-electron chi connectivity index (χ1n) is 8.50. The van der Waals surface area contributed by atoms with Gasteiger partial charge in [-0.25, -0.2) is 0 Å². The zero-order valence-corrected chi connectivity index (χ0v) is 16.5. The normalized spacial score (nSPS) is 15.0. The zero-order valence-electron chi connectivity index (χ0n) is 14.1. The molecule has 2 aromatic rings. The van der Waals surface area contributed by atoms with Gasteiger partial charge in [-0.2, -0.15) is 5.26 Å². The highest BCUT2D eigenvalue weighted by molar-refractivity contribution is 8.39. The lowest BCUT2D eigenvalue weighted by Gasteiger charge is -2.15. The predicted molar refractivity (Wildman–Crippen MR) is 112 cm³/mol. The molecular formula is C19H17N3OS3. The predicted octanol–water partition coefficient (Wildman–Crippen LogP) is 4.55. The lowest BCUT2D eigenvalue weighted by atomic mass is 9.90. The molecule has 0 atom stereocenters. The van der Waals surface area contributed by atoms with Crippen molar-refractivity contribution in [2.45, 2.75) is 19.3 Å². The maximum atomic E-state index is 12.3. The standard InChI is InChI=1S/C19H17N3OS3/c20-11-15-14-6-5-12-3-1-2-4-13(12)17(14)26-18(15)22-16(23)7-9-24-19-21-8-10-25-19/h1-4H,5-10H2,(H,22,23). The quantitative estimate of drug-likeness (QED) is 0.819. The molecule has 0 saturated carbocycles. The number of nitriles is 1. The minimum Gasteiger partial charge on any atom is -0.317 e. The molecule has 0 saturated heterocycles. The second-order valence-electron chi connectivity index (χ2n) is 6.03. The number of hydrogen-bond donors (Lipinski definition) is 1. The number of nitrogens with zero attached hydrogens (tertiary/aromatic N) is 2. The van der Waals surface area contributed by atoms with Crippen molar-refractivity contribution in [3.63, 3.8) is 0 Å². The SMILES string of the molecule is N#Cc1c(NC(=O)CCSC2=NCCS2)sc2c1CCc1ccccc1-2. The molecule has 4 rings (SSSR count). The Morgan fingerprint density at radius 1 is 1.35 bits per heavy atom. The summed E-state index contributed by atoms with van der Waals surface area (Å²) in [5.74, 6) is 1.72. The van der Waals surface area contributed by atoms with E-state index in [9.17, 15) is 10.1 Å². The minimum atomic E-state index is -0.0375. The van der Waals surface area contributed by atoms with E-state index in [1.165, 1.54) is 22.5 Å². The molecule has 0 bridgehead atoms. The Morgan fingerprint density at radius 3 is 3.04 bits per heavy atom. The molecule has 2 aliphatic rings. The number of nitrogens with one attached hydrogen (secondary N) is 1. The fraction of sp³-hybridized carbons (Fsp3) is 0.316. The summed E-state index contributed by atoms with van der Waals surface area (Å²) in [4.78, 5) is 17.8. The van der Waals surface area contributed by atoms with E-state index in [-0.39, 0.29) is 5.91 Å². The Kier molecular flexibility index (Phi) is 5.34. The van der Waals surface area contributed by atoms with Crippen molar-refractivity contribution in [1.82, 2.24) is 0 Å². The first-order chi connectivity index (χ1) is 12.8. The van der Waals surface area contributed by atoms with Crippen molar-refractivity contribution in [2.75, 3.05) is 23.4 Å². The van der Waals surface area contributed by atoms with E-state index in [0.29, 0.717) is 22.7 Å². The summed E-state index contributed by atoms with van der Waals surface area (Å²) in [6, 6.07) is 10.6. The Hall–Kier alpha value is -1.75. The molecule has 0 radical (unpaired) electrons. The van der Waals surface area contributed by atoms with Crippen LogP contribution < -0.4 is 5.32 Å². The van der Waals surface area contributed by atoms with Gasteiger partial charge in [-0.3, -0.25) is 9.79 Å². The summed E-state index contributed by atoms with van der Waals surface area (Å²) in [5.41, 5.74) is 4.23. The van der Waals surface area contributed by atoms with Crippen LogP contribution in [-0.2, 0) is 17.6 Å². The first kappa shape index (κ1) is 17.7. The third-order valence-electron chi connectivity index (χ3n) is 4.39. The number of carbonyl (C=O) groups excluding carboxylic acids is 1. The van der Waals surface area contributed by atoms with E-state index in [0.717, 1.165) is 40.0 Å². The number of anilines is 1. The van der Waals surface area contributed by atoms with Gasteiger partial charge >= 0.3 is 0 Å². The Morgan fingerprint density at radius 2 is 2.23 bits per heavy atom. The van der Waals surface area contributed by atoms with E-state index < -0.39 is 0 Å². The van der Waals surface area contributed by atoms with Gasteiger partial charge in [-0.15, -0.1) is 11.3 Å². The molecule has 7 heteroatoms. The van der Waals surface area contributed by atoms with Crippen LogP contribution in [0.3, 0.4) is 0 Å². The topological polar surface area (TPSA) is 65.2 Å². The summed E-state index contributed by atoms with van der Waals surface area (Å²) in [6.07, 6.45) is 2.22. The van der Waals surface area contributed by atoms with Crippen molar-refractivity contribution in [3.05, 3.63) is 41.0 Å². The fourth-order valence-corrected chi connectivity index (χ4v) is 6.46. The van der Waals surface area contributed by atoms with Gasteiger partial charge in [0.2, 0.25) is 5.91 Å². The van der Waals surface area contributed by atoms with E-state index in [1.54, 1.807) is 23.5 Å². The van der Waals surface area contributed by atoms with Gasteiger partial charge < -0.3 is 5.32 Å². The van der Waals surface area contributed by atoms with Crippen LogP contribution in [0.2, 0.25) is 0 Å². The van der Waals surface area contributed by atoms with Crippen LogP contribution in [0.4, 0.5) is 5.00 Å². The van der Waals surface area contributed by atoms with Crippen molar-refractivity contribution in [1.29, 1.82) is 5.26 Å². The third kappa shape index (κ3) is 3.54. The van der Waals surface area contributed by atoms with E-state index in [2.05, 4.69) is 34.6 Å². The van der Waals surface area contributed by atoms with Gasteiger partial charge in [-0.05, 0) is 29.5 Å². The Balaban J connectivity index is 1.48. The minimum absolute atomic E-state index is 0.0375. The van der Waals surface area contributed by atoms with Crippen LogP contribution in [0.15, 0.2) is 29.3 Å². The molecule has 1 amide bonds. The van der Waals surface area contributed by atoms with Gasteiger partial charge in [0.1, 0.15) is 15.4 Å². The second-order valence-corrected chi connectivity index (χ2v) is 9.47.